The second-order valence-electron chi connectivity index (χ2n) is 8.26. The standard InChI is InChI=1S/C22H19N11/c1-22(2,3)17-16(20-30-28-18(32(20)31-17)14-9-6-5-7-10-14)27-29-19-15(23-4)13-26-33(19)21-24-11-8-12-25-21/h5-13,31H,1-3H3. The Bertz CT molecular complexity index is 1490. The summed E-state index contributed by atoms with van der Waals surface area (Å²) in [6.07, 6.45) is 4.61. The van der Waals surface area contributed by atoms with Crippen molar-refractivity contribution >= 4 is 22.8 Å². The van der Waals surface area contributed by atoms with Crippen LogP contribution in [0.25, 0.3) is 27.8 Å². The van der Waals surface area contributed by atoms with Crippen molar-refractivity contribution in [2.45, 2.75) is 26.2 Å². The van der Waals surface area contributed by atoms with Crippen molar-refractivity contribution in [2.24, 2.45) is 10.2 Å². The Balaban J connectivity index is 1.67. The molecule has 1 N–H and O–H groups in total. The smallest absolute Gasteiger partial charge is 0.252 e. The number of hydrogen-bond acceptors (Lipinski definition) is 7. The Morgan fingerprint density at radius 1 is 1.00 bits per heavy atom. The highest BCUT2D eigenvalue weighted by Crippen LogP contribution is 2.37. The van der Waals surface area contributed by atoms with Crippen LogP contribution >= 0.6 is 0 Å². The Hall–Kier alpha value is -4.72. The third-order valence-electron chi connectivity index (χ3n) is 4.95. The molecule has 0 fully saturated rings. The molecular formula is C22H19N11. The van der Waals surface area contributed by atoms with Gasteiger partial charge in [0.15, 0.2) is 17.3 Å². The van der Waals surface area contributed by atoms with E-state index in [2.05, 4.69) is 66.2 Å². The lowest BCUT2D eigenvalue weighted by molar-refractivity contribution is 0.563. The van der Waals surface area contributed by atoms with Gasteiger partial charge in [-0.05, 0) is 6.07 Å². The Morgan fingerprint density at radius 2 is 1.76 bits per heavy atom. The van der Waals surface area contributed by atoms with E-state index in [1.54, 1.807) is 23.0 Å². The van der Waals surface area contributed by atoms with Gasteiger partial charge in [0.1, 0.15) is 0 Å². The van der Waals surface area contributed by atoms with Crippen LogP contribution in [0, 0.1) is 6.57 Å². The van der Waals surface area contributed by atoms with Crippen molar-refractivity contribution in [3.05, 3.63) is 72.1 Å². The first-order valence-electron chi connectivity index (χ1n) is 10.1. The average Bonchev–Trinajstić information content (AvgIpc) is 3.52. The summed E-state index contributed by atoms with van der Waals surface area (Å²) < 4.78 is 3.19. The van der Waals surface area contributed by atoms with Gasteiger partial charge in [-0.1, -0.05) is 51.1 Å². The lowest BCUT2D eigenvalue weighted by Gasteiger charge is -2.16. The van der Waals surface area contributed by atoms with Gasteiger partial charge in [-0.2, -0.15) is 9.78 Å². The van der Waals surface area contributed by atoms with E-state index in [1.807, 2.05) is 30.3 Å². The van der Waals surface area contributed by atoms with Crippen LogP contribution in [0.1, 0.15) is 26.5 Å². The van der Waals surface area contributed by atoms with Gasteiger partial charge in [-0.15, -0.1) is 20.4 Å². The number of H-pyrrole nitrogens is 1. The maximum atomic E-state index is 7.48. The number of nitrogens with zero attached hydrogens (tertiary/aromatic N) is 10. The average molecular weight is 437 g/mol. The van der Waals surface area contributed by atoms with Crippen LogP contribution in [0.3, 0.4) is 0 Å². The lowest BCUT2D eigenvalue weighted by Crippen LogP contribution is -2.12. The molecule has 0 aliphatic rings. The minimum atomic E-state index is -0.283. The van der Waals surface area contributed by atoms with E-state index < -0.39 is 0 Å². The zero-order chi connectivity index (χ0) is 23.0. The fraction of sp³-hybridized carbons (Fsp3) is 0.182. The van der Waals surface area contributed by atoms with E-state index in [0.717, 1.165) is 11.3 Å². The number of aromatic amines is 1. The molecule has 4 heterocycles. The predicted octanol–water partition coefficient (Wildman–Crippen LogP) is 4.96. The van der Waals surface area contributed by atoms with Gasteiger partial charge < -0.3 is 0 Å². The first kappa shape index (κ1) is 20.2. The zero-order valence-corrected chi connectivity index (χ0v) is 18.2. The van der Waals surface area contributed by atoms with E-state index in [-0.39, 0.29) is 16.9 Å². The van der Waals surface area contributed by atoms with Crippen LogP contribution in [0.5, 0.6) is 0 Å². The number of rotatable bonds is 4. The molecule has 0 aliphatic carbocycles. The minimum absolute atomic E-state index is 0.234. The molecule has 4 aromatic heterocycles. The summed E-state index contributed by atoms with van der Waals surface area (Å²) in [5.74, 6) is 1.20. The summed E-state index contributed by atoms with van der Waals surface area (Å²) in [7, 11) is 0. The topological polar surface area (TPSA) is 119 Å². The molecule has 1 aromatic carbocycles. The Kier molecular flexibility index (Phi) is 4.75. The Morgan fingerprint density at radius 3 is 2.45 bits per heavy atom. The van der Waals surface area contributed by atoms with Crippen molar-refractivity contribution in [3.8, 4) is 17.3 Å². The third-order valence-corrected chi connectivity index (χ3v) is 4.95. The summed E-state index contributed by atoms with van der Waals surface area (Å²) in [5, 5.41) is 25.2. The molecule has 33 heavy (non-hydrogen) atoms. The van der Waals surface area contributed by atoms with Crippen LogP contribution in [0.15, 0.2) is 65.2 Å². The predicted molar refractivity (Wildman–Crippen MR) is 121 cm³/mol. The van der Waals surface area contributed by atoms with Gasteiger partial charge in [0.2, 0.25) is 5.65 Å². The van der Waals surface area contributed by atoms with Gasteiger partial charge in [-0.25, -0.2) is 19.3 Å². The van der Waals surface area contributed by atoms with E-state index in [1.165, 1.54) is 10.9 Å². The van der Waals surface area contributed by atoms with E-state index in [4.69, 9.17) is 6.57 Å². The fourth-order valence-electron chi connectivity index (χ4n) is 3.36. The number of benzene rings is 1. The number of hydrogen-bond donors (Lipinski definition) is 1. The highest BCUT2D eigenvalue weighted by Gasteiger charge is 2.27. The van der Waals surface area contributed by atoms with Crippen molar-refractivity contribution < 1.29 is 0 Å². The van der Waals surface area contributed by atoms with Crippen molar-refractivity contribution in [1.82, 2.24) is 39.6 Å². The molecule has 5 rings (SSSR count). The molecule has 0 saturated carbocycles. The maximum absolute atomic E-state index is 7.48. The number of aromatic nitrogens is 8. The molecule has 0 spiro atoms. The molecule has 0 aliphatic heterocycles. The first-order chi connectivity index (χ1) is 16.0. The molecular weight excluding hydrogens is 418 g/mol. The maximum Gasteiger partial charge on any atom is 0.252 e. The highest BCUT2D eigenvalue weighted by atomic mass is 15.4. The summed E-state index contributed by atoms with van der Waals surface area (Å²) >= 11 is 0. The van der Waals surface area contributed by atoms with Crippen LogP contribution in [0.2, 0.25) is 0 Å². The second-order valence-corrected chi connectivity index (χ2v) is 8.26. The lowest BCUT2D eigenvalue weighted by atomic mass is 9.91. The summed E-state index contributed by atoms with van der Waals surface area (Å²) in [4.78, 5) is 11.9. The number of nitrogens with one attached hydrogen (secondary N) is 1. The molecule has 11 nitrogen and oxygen atoms in total. The van der Waals surface area contributed by atoms with E-state index in [0.29, 0.717) is 23.1 Å². The quantitative estimate of drug-likeness (QED) is 0.315. The molecule has 0 saturated heterocycles. The molecule has 5 aromatic rings. The summed E-state index contributed by atoms with van der Waals surface area (Å²) in [6.45, 7) is 13.7. The first-order valence-corrected chi connectivity index (χ1v) is 10.1. The van der Waals surface area contributed by atoms with E-state index >= 15 is 0 Å². The van der Waals surface area contributed by atoms with Gasteiger partial charge in [0.25, 0.3) is 11.6 Å². The Labute approximate surface area is 188 Å². The normalized spacial score (nSPS) is 11.9. The van der Waals surface area contributed by atoms with Gasteiger partial charge >= 0.3 is 0 Å². The SMILES string of the molecule is [C-]#[N+]c1cnn(-c2ncccn2)c1N=Nc1c(C(C)(C)C)[nH]n2c(-c3ccccc3)nnc12. The highest BCUT2D eigenvalue weighted by molar-refractivity contribution is 5.72. The molecule has 0 atom stereocenters. The summed E-state index contributed by atoms with van der Waals surface area (Å²) in [6, 6.07) is 11.5. The monoisotopic (exact) mass is 437 g/mol. The van der Waals surface area contributed by atoms with Gasteiger partial charge in [0.05, 0.1) is 18.5 Å². The van der Waals surface area contributed by atoms with Crippen LogP contribution < -0.4 is 0 Å². The van der Waals surface area contributed by atoms with Crippen LogP contribution in [0.4, 0.5) is 17.2 Å². The van der Waals surface area contributed by atoms with E-state index in [9.17, 15) is 0 Å². The number of azo groups is 1. The molecule has 0 amide bonds. The van der Waals surface area contributed by atoms with Crippen molar-refractivity contribution in [3.63, 3.8) is 0 Å². The van der Waals surface area contributed by atoms with Gasteiger partial charge in [0, 0.05) is 23.4 Å². The van der Waals surface area contributed by atoms with Crippen LogP contribution in [-0.2, 0) is 5.41 Å². The van der Waals surface area contributed by atoms with Gasteiger partial charge in [-0.3, -0.25) is 5.10 Å². The zero-order valence-electron chi connectivity index (χ0n) is 18.2. The molecule has 0 radical (unpaired) electrons. The molecule has 162 valence electrons. The second kappa shape index (κ2) is 7.76. The third kappa shape index (κ3) is 3.53. The van der Waals surface area contributed by atoms with Crippen LogP contribution in [-0.4, -0.2) is 39.6 Å². The summed E-state index contributed by atoms with van der Waals surface area (Å²) in [5.41, 5.74) is 2.78. The largest absolute Gasteiger partial charge is 0.292 e. The minimum Gasteiger partial charge on any atom is -0.292 e. The molecule has 0 bridgehead atoms. The molecule has 11 heteroatoms. The fourth-order valence-corrected chi connectivity index (χ4v) is 3.36. The van der Waals surface area contributed by atoms with Crippen molar-refractivity contribution in [2.75, 3.05) is 0 Å². The van der Waals surface area contributed by atoms with Crippen molar-refractivity contribution in [1.29, 1.82) is 0 Å². The molecule has 0 unspecified atom stereocenters. The number of fused-ring (bicyclic) bond motifs is 1.